The molecule has 1 unspecified atom stereocenters. The minimum Gasteiger partial charge on any atom is -0.375 e. The average Bonchev–Trinajstić information content (AvgIpc) is 3.08. The molecule has 5 nitrogen and oxygen atoms in total. The van der Waals surface area contributed by atoms with Crippen molar-refractivity contribution in [3.05, 3.63) is 12.2 Å². The lowest BCUT2D eigenvalue weighted by molar-refractivity contribution is -0.0913. The third-order valence-corrected chi connectivity index (χ3v) is 4.81. The van der Waals surface area contributed by atoms with Gasteiger partial charge in [-0.25, -0.2) is 9.67 Å². The van der Waals surface area contributed by atoms with Crippen molar-refractivity contribution >= 4 is 0 Å². The predicted molar refractivity (Wildman–Crippen MR) is 82.0 cm³/mol. The van der Waals surface area contributed by atoms with Crippen LogP contribution in [0, 0.1) is 5.92 Å². The Kier molecular flexibility index (Phi) is 4.60. The lowest BCUT2D eigenvalue weighted by Gasteiger charge is -2.38. The third kappa shape index (κ3) is 3.46. The molecule has 2 heterocycles. The van der Waals surface area contributed by atoms with Crippen LogP contribution in [0.2, 0.25) is 0 Å². The number of hydrogen-bond acceptors (Lipinski definition) is 4. The summed E-state index contributed by atoms with van der Waals surface area (Å²) < 4.78 is 8.28. The molecule has 1 aromatic rings. The first-order valence-electron chi connectivity index (χ1n) is 8.42. The van der Waals surface area contributed by atoms with Crippen molar-refractivity contribution < 1.29 is 4.74 Å². The van der Waals surface area contributed by atoms with Crippen LogP contribution in [0.15, 0.2) is 6.33 Å². The molecule has 0 aromatic carbocycles. The Morgan fingerprint density at radius 2 is 2.24 bits per heavy atom. The maximum Gasteiger partial charge on any atom is 0.141 e. The minimum absolute atomic E-state index is 0.136. The smallest absolute Gasteiger partial charge is 0.141 e. The fraction of sp³-hybridized carbons (Fsp3) is 0.875. The summed E-state index contributed by atoms with van der Waals surface area (Å²) in [7, 11) is 0. The van der Waals surface area contributed by atoms with E-state index in [9.17, 15) is 0 Å². The van der Waals surface area contributed by atoms with E-state index in [1.54, 1.807) is 6.33 Å². The predicted octanol–water partition coefficient (Wildman–Crippen LogP) is 2.69. The number of rotatable bonds is 5. The van der Waals surface area contributed by atoms with Crippen LogP contribution in [0.3, 0.4) is 0 Å². The monoisotopic (exact) mass is 292 g/mol. The molecule has 5 heteroatoms. The van der Waals surface area contributed by atoms with Gasteiger partial charge in [0.1, 0.15) is 12.2 Å². The summed E-state index contributed by atoms with van der Waals surface area (Å²) in [5, 5.41) is 7.98. The summed E-state index contributed by atoms with van der Waals surface area (Å²) >= 11 is 0. The Labute approximate surface area is 127 Å². The summed E-state index contributed by atoms with van der Waals surface area (Å²) in [5.74, 6) is 1.72. The molecule has 21 heavy (non-hydrogen) atoms. The maximum absolute atomic E-state index is 6.13. The minimum atomic E-state index is 0.136. The molecule has 1 aliphatic heterocycles. The van der Waals surface area contributed by atoms with Gasteiger partial charge < -0.3 is 10.1 Å². The summed E-state index contributed by atoms with van der Waals surface area (Å²) in [4.78, 5) is 4.45. The lowest BCUT2D eigenvalue weighted by atomic mass is 9.89. The number of hydrogen-bond donors (Lipinski definition) is 1. The van der Waals surface area contributed by atoms with Gasteiger partial charge in [0, 0.05) is 6.61 Å². The number of nitrogens with one attached hydrogen (secondary N) is 1. The standard InChI is InChI=1S/C16H28N4O/c1-13(2)10-17-11-15-18-12-19-20(15)14-5-8-21-16(9-14)6-3-4-7-16/h12-14,17H,3-11H2,1-2H3. The fourth-order valence-electron chi connectivity index (χ4n) is 3.76. The zero-order chi connectivity index (χ0) is 14.7. The van der Waals surface area contributed by atoms with E-state index in [1.165, 1.54) is 25.7 Å². The van der Waals surface area contributed by atoms with Gasteiger partial charge in [-0.2, -0.15) is 5.10 Å². The lowest BCUT2D eigenvalue weighted by Crippen LogP contribution is -2.39. The van der Waals surface area contributed by atoms with Crippen LogP contribution in [0.4, 0.5) is 0 Å². The van der Waals surface area contributed by atoms with Crippen molar-refractivity contribution in [1.82, 2.24) is 20.1 Å². The highest BCUT2D eigenvalue weighted by atomic mass is 16.5. The Morgan fingerprint density at radius 1 is 1.43 bits per heavy atom. The van der Waals surface area contributed by atoms with Gasteiger partial charge in [-0.15, -0.1) is 0 Å². The van der Waals surface area contributed by atoms with E-state index in [0.29, 0.717) is 12.0 Å². The summed E-state index contributed by atoms with van der Waals surface area (Å²) in [6.45, 7) is 7.14. The Balaban J connectivity index is 1.64. The highest BCUT2D eigenvalue weighted by molar-refractivity contribution is 4.96. The molecule has 0 amide bonds. The Hall–Kier alpha value is -0.940. The number of ether oxygens (including phenoxy) is 1. The first-order valence-corrected chi connectivity index (χ1v) is 8.42. The topological polar surface area (TPSA) is 52.0 Å². The van der Waals surface area contributed by atoms with E-state index < -0.39 is 0 Å². The summed E-state index contributed by atoms with van der Waals surface area (Å²) in [6.07, 6.45) is 8.93. The molecule has 1 atom stereocenters. The van der Waals surface area contributed by atoms with Crippen molar-refractivity contribution in [2.75, 3.05) is 13.2 Å². The SMILES string of the molecule is CC(C)CNCc1ncnn1C1CCOC2(CCCC2)C1. The van der Waals surface area contributed by atoms with Gasteiger partial charge in [-0.1, -0.05) is 26.7 Å². The second-order valence-corrected chi connectivity index (χ2v) is 7.03. The van der Waals surface area contributed by atoms with Crippen LogP contribution >= 0.6 is 0 Å². The van der Waals surface area contributed by atoms with Crippen LogP contribution in [0.5, 0.6) is 0 Å². The van der Waals surface area contributed by atoms with Crippen molar-refractivity contribution in [1.29, 1.82) is 0 Å². The Morgan fingerprint density at radius 3 is 3.00 bits per heavy atom. The number of aromatic nitrogens is 3. The molecular formula is C16H28N4O. The third-order valence-electron chi connectivity index (χ3n) is 4.81. The van der Waals surface area contributed by atoms with Gasteiger partial charge in [-0.05, 0) is 38.1 Å². The molecule has 2 aliphatic rings. The van der Waals surface area contributed by atoms with Gasteiger partial charge in [0.25, 0.3) is 0 Å². The molecule has 1 spiro atoms. The van der Waals surface area contributed by atoms with E-state index in [2.05, 4.69) is 33.9 Å². The van der Waals surface area contributed by atoms with Gasteiger partial charge in [0.05, 0.1) is 18.2 Å². The normalized spacial score (nSPS) is 25.0. The van der Waals surface area contributed by atoms with E-state index in [4.69, 9.17) is 4.74 Å². The van der Waals surface area contributed by atoms with E-state index in [1.807, 2.05) is 0 Å². The first-order chi connectivity index (χ1) is 10.2. The molecule has 3 rings (SSSR count). The molecule has 0 bridgehead atoms. The zero-order valence-corrected chi connectivity index (χ0v) is 13.3. The second-order valence-electron chi connectivity index (χ2n) is 7.03. The van der Waals surface area contributed by atoms with Crippen molar-refractivity contribution in [2.24, 2.45) is 5.92 Å². The highest BCUT2D eigenvalue weighted by Gasteiger charge is 2.41. The highest BCUT2D eigenvalue weighted by Crippen LogP contribution is 2.43. The van der Waals surface area contributed by atoms with Gasteiger partial charge in [-0.3, -0.25) is 0 Å². The first kappa shape index (κ1) is 15.0. The molecule has 1 N–H and O–H groups in total. The quantitative estimate of drug-likeness (QED) is 0.906. The summed E-state index contributed by atoms with van der Waals surface area (Å²) in [6, 6.07) is 0.454. The molecule has 0 radical (unpaired) electrons. The van der Waals surface area contributed by atoms with E-state index >= 15 is 0 Å². The van der Waals surface area contributed by atoms with Crippen molar-refractivity contribution in [3.8, 4) is 0 Å². The van der Waals surface area contributed by atoms with Crippen LogP contribution in [0.1, 0.15) is 64.2 Å². The largest absolute Gasteiger partial charge is 0.375 e. The van der Waals surface area contributed by atoms with Gasteiger partial charge in [0.15, 0.2) is 0 Å². The second kappa shape index (κ2) is 6.44. The van der Waals surface area contributed by atoms with Gasteiger partial charge in [0.2, 0.25) is 0 Å². The van der Waals surface area contributed by atoms with Crippen molar-refractivity contribution in [3.63, 3.8) is 0 Å². The molecule has 1 aromatic heterocycles. The van der Waals surface area contributed by atoms with Crippen LogP contribution in [-0.4, -0.2) is 33.5 Å². The van der Waals surface area contributed by atoms with E-state index in [-0.39, 0.29) is 5.60 Å². The molecule has 1 saturated heterocycles. The molecule has 2 fully saturated rings. The zero-order valence-electron chi connectivity index (χ0n) is 13.3. The molecule has 118 valence electrons. The maximum atomic E-state index is 6.13. The fourth-order valence-corrected chi connectivity index (χ4v) is 3.76. The molecule has 1 aliphatic carbocycles. The van der Waals surface area contributed by atoms with Crippen LogP contribution in [-0.2, 0) is 11.3 Å². The van der Waals surface area contributed by atoms with Crippen molar-refractivity contribution in [2.45, 2.75) is 70.6 Å². The van der Waals surface area contributed by atoms with Crippen LogP contribution < -0.4 is 5.32 Å². The van der Waals surface area contributed by atoms with Crippen LogP contribution in [0.25, 0.3) is 0 Å². The Bertz CT molecular complexity index is 451. The average molecular weight is 292 g/mol. The molecular weight excluding hydrogens is 264 g/mol. The number of nitrogens with zero attached hydrogens (tertiary/aromatic N) is 3. The summed E-state index contributed by atoms with van der Waals surface area (Å²) in [5.41, 5.74) is 0.136. The molecule has 1 saturated carbocycles. The van der Waals surface area contributed by atoms with Gasteiger partial charge >= 0.3 is 0 Å². The van der Waals surface area contributed by atoms with E-state index in [0.717, 1.165) is 38.4 Å².